The number of hydrogen-bond donors (Lipinski definition) is 1. The molecule has 1 saturated heterocycles. The van der Waals surface area contributed by atoms with Crippen LogP contribution < -0.4 is 5.32 Å². The molecule has 1 aliphatic heterocycles. The highest BCUT2D eigenvalue weighted by atomic mass is 16.5. The molecule has 0 aliphatic carbocycles. The van der Waals surface area contributed by atoms with Crippen molar-refractivity contribution in [3.05, 3.63) is 29.2 Å². The van der Waals surface area contributed by atoms with E-state index in [1.807, 2.05) is 32.9 Å². The highest BCUT2D eigenvalue weighted by Crippen LogP contribution is 2.12. The van der Waals surface area contributed by atoms with Gasteiger partial charge in [0.15, 0.2) is 0 Å². The van der Waals surface area contributed by atoms with Gasteiger partial charge in [-0.3, -0.25) is 4.90 Å². The first-order chi connectivity index (χ1) is 11.1. The molecule has 7 nitrogen and oxygen atoms in total. The number of aromatic nitrogens is 4. The molecule has 0 aromatic carbocycles. The summed E-state index contributed by atoms with van der Waals surface area (Å²) < 4.78 is 7.15. The molecule has 0 saturated carbocycles. The number of nitrogens with one attached hydrogen (secondary N) is 1. The molecular formula is C16H24N6O. The van der Waals surface area contributed by atoms with Crippen molar-refractivity contribution < 1.29 is 4.74 Å². The van der Waals surface area contributed by atoms with Crippen LogP contribution in [0.4, 0.5) is 5.82 Å². The van der Waals surface area contributed by atoms with E-state index in [0.717, 1.165) is 62.3 Å². The van der Waals surface area contributed by atoms with E-state index in [2.05, 4.69) is 25.3 Å². The molecule has 0 atom stereocenters. The highest BCUT2D eigenvalue weighted by Gasteiger charge is 2.11. The highest BCUT2D eigenvalue weighted by molar-refractivity contribution is 5.39. The van der Waals surface area contributed by atoms with Crippen molar-refractivity contribution in [2.45, 2.75) is 20.8 Å². The van der Waals surface area contributed by atoms with Crippen LogP contribution in [0.3, 0.4) is 0 Å². The SMILES string of the molecule is Cc1cc(NCCN2CCOCC2)nc(-n2nc(C)cc2C)n1. The van der Waals surface area contributed by atoms with E-state index in [1.165, 1.54) is 0 Å². The zero-order valence-electron chi connectivity index (χ0n) is 14.0. The van der Waals surface area contributed by atoms with Gasteiger partial charge in [0.2, 0.25) is 0 Å². The molecule has 1 fully saturated rings. The monoisotopic (exact) mass is 316 g/mol. The summed E-state index contributed by atoms with van der Waals surface area (Å²) >= 11 is 0. The molecule has 0 unspecified atom stereocenters. The molecule has 2 aromatic heterocycles. The van der Waals surface area contributed by atoms with Gasteiger partial charge in [-0.1, -0.05) is 0 Å². The predicted molar refractivity (Wildman–Crippen MR) is 89.1 cm³/mol. The van der Waals surface area contributed by atoms with Crippen molar-refractivity contribution in [2.75, 3.05) is 44.7 Å². The first-order valence-electron chi connectivity index (χ1n) is 8.05. The Kier molecular flexibility index (Phi) is 4.88. The van der Waals surface area contributed by atoms with Crippen molar-refractivity contribution in [1.29, 1.82) is 0 Å². The van der Waals surface area contributed by atoms with Gasteiger partial charge in [-0.05, 0) is 26.8 Å². The van der Waals surface area contributed by atoms with Crippen LogP contribution in [0.25, 0.3) is 5.95 Å². The molecule has 0 spiro atoms. The molecule has 0 bridgehead atoms. The standard InChI is InChI=1S/C16H24N6O/c1-12-11-15(17-4-5-21-6-8-23-9-7-21)19-16(18-12)22-14(3)10-13(2)20-22/h10-11H,4-9H2,1-3H3,(H,17,18,19). The number of morpholine rings is 1. The maximum absolute atomic E-state index is 5.37. The van der Waals surface area contributed by atoms with Gasteiger partial charge in [-0.25, -0.2) is 9.67 Å². The van der Waals surface area contributed by atoms with Crippen LogP contribution >= 0.6 is 0 Å². The Hall–Kier alpha value is -1.99. The number of nitrogens with zero attached hydrogens (tertiary/aromatic N) is 5. The van der Waals surface area contributed by atoms with Crippen LogP contribution in [0.2, 0.25) is 0 Å². The van der Waals surface area contributed by atoms with Gasteiger partial charge >= 0.3 is 0 Å². The Morgan fingerprint density at radius 3 is 2.57 bits per heavy atom. The summed E-state index contributed by atoms with van der Waals surface area (Å²) in [6, 6.07) is 3.99. The van der Waals surface area contributed by atoms with Gasteiger partial charge in [0.1, 0.15) is 5.82 Å². The molecule has 124 valence electrons. The van der Waals surface area contributed by atoms with Crippen LogP contribution in [0.15, 0.2) is 12.1 Å². The molecule has 0 radical (unpaired) electrons. The lowest BCUT2D eigenvalue weighted by Gasteiger charge is -2.26. The summed E-state index contributed by atoms with van der Waals surface area (Å²) in [5.41, 5.74) is 2.93. The molecule has 3 heterocycles. The first-order valence-corrected chi connectivity index (χ1v) is 8.05. The molecule has 3 rings (SSSR count). The summed E-state index contributed by atoms with van der Waals surface area (Å²) in [5.74, 6) is 1.46. The van der Waals surface area contributed by atoms with Crippen LogP contribution in [0, 0.1) is 20.8 Å². The normalized spacial score (nSPS) is 15.8. The molecule has 1 aliphatic rings. The summed E-state index contributed by atoms with van der Waals surface area (Å²) in [6.07, 6.45) is 0. The van der Waals surface area contributed by atoms with Crippen LogP contribution in [0.5, 0.6) is 0 Å². The Morgan fingerprint density at radius 2 is 1.87 bits per heavy atom. The maximum atomic E-state index is 5.37. The fourth-order valence-corrected chi connectivity index (χ4v) is 2.74. The van der Waals surface area contributed by atoms with Gasteiger partial charge in [0.05, 0.1) is 18.9 Å². The van der Waals surface area contributed by atoms with Gasteiger partial charge in [-0.15, -0.1) is 0 Å². The predicted octanol–water partition coefficient (Wildman–Crippen LogP) is 1.33. The van der Waals surface area contributed by atoms with Crippen LogP contribution in [-0.4, -0.2) is 64.0 Å². The van der Waals surface area contributed by atoms with E-state index in [9.17, 15) is 0 Å². The quantitative estimate of drug-likeness (QED) is 0.897. The minimum absolute atomic E-state index is 0.615. The Balaban J connectivity index is 1.66. The molecule has 2 aromatic rings. The molecular weight excluding hydrogens is 292 g/mol. The largest absolute Gasteiger partial charge is 0.379 e. The zero-order chi connectivity index (χ0) is 16.2. The summed E-state index contributed by atoms with van der Waals surface area (Å²) in [5, 5.41) is 7.85. The second kappa shape index (κ2) is 7.06. The molecule has 23 heavy (non-hydrogen) atoms. The lowest BCUT2D eigenvalue weighted by molar-refractivity contribution is 0.0398. The van der Waals surface area contributed by atoms with Gasteiger partial charge in [-0.2, -0.15) is 10.1 Å². The lowest BCUT2D eigenvalue weighted by Crippen LogP contribution is -2.39. The second-order valence-corrected chi connectivity index (χ2v) is 5.91. The third kappa shape index (κ3) is 4.05. The Morgan fingerprint density at radius 1 is 1.09 bits per heavy atom. The Labute approximate surface area is 136 Å². The number of ether oxygens (including phenoxy) is 1. The summed E-state index contributed by atoms with van der Waals surface area (Å²) in [6.45, 7) is 11.5. The third-order valence-electron chi connectivity index (χ3n) is 3.88. The van der Waals surface area contributed by atoms with Gasteiger partial charge in [0, 0.05) is 43.6 Å². The van der Waals surface area contributed by atoms with E-state index >= 15 is 0 Å². The van der Waals surface area contributed by atoms with Crippen molar-refractivity contribution in [2.24, 2.45) is 0 Å². The first kappa shape index (κ1) is 15.9. The van der Waals surface area contributed by atoms with Crippen LogP contribution in [-0.2, 0) is 4.74 Å². The number of rotatable bonds is 5. The average Bonchev–Trinajstić information content (AvgIpc) is 2.86. The second-order valence-electron chi connectivity index (χ2n) is 5.91. The minimum atomic E-state index is 0.615. The number of aryl methyl sites for hydroxylation is 3. The van der Waals surface area contributed by atoms with Crippen molar-refractivity contribution >= 4 is 5.82 Å². The topological polar surface area (TPSA) is 68.1 Å². The molecule has 1 N–H and O–H groups in total. The Bertz CT molecular complexity index is 663. The van der Waals surface area contributed by atoms with E-state index < -0.39 is 0 Å². The summed E-state index contributed by atoms with van der Waals surface area (Å²) in [7, 11) is 0. The van der Waals surface area contributed by atoms with Crippen molar-refractivity contribution in [3.8, 4) is 5.95 Å². The van der Waals surface area contributed by atoms with E-state index in [4.69, 9.17) is 4.74 Å². The fraction of sp³-hybridized carbons (Fsp3) is 0.562. The van der Waals surface area contributed by atoms with E-state index in [1.54, 1.807) is 4.68 Å². The number of anilines is 1. The zero-order valence-corrected chi connectivity index (χ0v) is 14.0. The van der Waals surface area contributed by atoms with E-state index in [-0.39, 0.29) is 0 Å². The van der Waals surface area contributed by atoms with Crippen molar-refractivity contribution in [3.63, 3.8) is 0 Å². The number of hydrogen-bond acceptors (Lipinski definition) is 6. The fourth-order valence-electron chi connectivity index (χ4n) is 2.74. The van der Waals surface area contributed by atoms with E-state index in [0.29, 0.717) is 5.95 Å². The van der Waals surface area contributed by atoms with Gasteiger partial charge < -0.3 is 10.1 Å². The summed E-state index contributed by atoms with van der Waals surface area (Å²) in [4.78, 5) is 11.5. The van der Waals surface area contributed by atoms with Gasteiger partial charge in [0.25, 0.3) is 5.95 Å². The van der Waals surface area contributed by atoms with Crippen molar-refractivity contribution in [1.82, 2.24) is 24.6 Å². The minimum Gasteiger partial charge on any atom is -0.379 e. The third-order valence-corrected chi connectivity index (χ3v) is 3.88. The average molecular weight is 316 g/mol. The molecule has 0 amide bonds. The molecule has 7 heteroatoms. The van der Waals surface area contributed by atoms with Crippen LogP contribution in [0.1, 0.15) is 17.1 Å². The smallest absolute Gasteiger partial charge is 0.252 e. The lowest BCUT2D eigenvalue weighted by atomic mass is 10.4. The maximum Gasteiger partial charge on any atom is 0.252 e.